The van der Waals surface area contributed by atoms with Crippen LogP contribution in [0.25, 0.3) is 21.6 Å². The highest BCUT2D eigenvalue weighted by Gasteiger charge is 2.15. The maximum absolute atomic E-state index is 12.8. The number of para-hydroxylation sites is 1. The molecule has 0 unspecified atom stereocenters. The molecule has 1 N–H and O–H groups in total. The fraction of sp³-hybridized carbons (Fsp3) is 0.0526. The lowest BCUT2D eigenvalue weighted by Crippen LogP contribution is -2.13. The zero-order valence-corrected chi connectivity index (χ0v) is 14.2. The van der Waals surface area contributed by atoms with Crippen LogP contribution in [0, 0.1) is 6.92 Å². The molecule has 122 valence electrons. The summed E-state index contributed by atoms with van der Waals surface area (Å²) in [4.78, 5) is 26.0. The number of anilines is 1. The Bertz CT molecular complexity index is 1070. The van der Waals surface area contributed by atoms with Crippen LogP contribution in [0.2, 0.25) is 0 Å². The second kappa shape index (κ2) is 6.41. The Morgan fingerprint density at radius 3 is 2.68 bits per heavy atom. The van der Waals surface area contributed by atoms with Crippen molar-refractivity contribution in [2.75, 3.05) is 5.32 Å². The first-order chi connectivity index (χ1) is 12.2. The monoisotopic (exact) mass is 346 g/mol. The standard InChI is InChI=1S/C19H14N4OS/c1-12-11-25-19(22-12)17-15(8-4-10-21-17)23-18(24)14-7-2-5-13-6-3-9-20-16(13)14/h2-11H,1H3,(H,23,24). The van der Waals surface area contributed by atoms with E-state index in [-0.39, 0.29) is 5.91 Å². The zero-order chi connectivity index (χ0) is 17.2. The molecule has 0 saturated heterocycles. The van der Waals surface area contributed by atoms with Crippen molar-refractivity contribution >= 4 is 33.8 Å². The number of aromatic nitrogens is 3. The van der Waals surface area contributed by atoms with E-state index >= 15 is 0 Å². The van der Waals surface area contributed by atoms with Gasteiger partial charge in [0, 0.05) is 28.9 Å². The number of benzene rings is 1. The molecule has 0 radical (unpaired) electrons. The van der Waals surface area contributed by atoms with E-state index in [1.54, 1.807) is 24.5 Å². The molecule has 4 rings (SSSR count). The van der Waals surface area contributed by atoms with Crippen LogP contribution in [-0.2, 0) is 0 Å². The topological polar surface area (TPSA) is 67.8 Å². The van der Waals surface area contributed by atoms with E-state index in [0.29, 0.717) is 22.5 Å². The normalized spacial score (nSPS) is 10.8. The minimum absolute atomic E-state index is 0.216. The molecule has 0 aliphatic carbocycles. The fourth-order valence-corrected chi connectivity index (χ4v) is 3.42. The van der Waals surface area contributed by atoms with Crippen LogP contribution in [0.5, 0.6) is 0 Å². The van der Waals surface area contributed by atoms with Crippen molar-refractivity contribution in [3.63, 3.8) is 0 Å². The molecule has 5 nitrogen and oxygen atoms in total. The molecule has 4 aromatic rings. The van der Waals surface area contributed by atoms with Crippen LogP contribution >= 0.6 is 11.3 Å². The van der Waals surface area contributed by atoms with Gasteiger partial charge in [0.1, 0.15) is 10.7 Å². The molecule has 0 fully saturated rings. The Hall–Kier alpha value is -3.12. The summed E-state index contributed by atoms with van der Waals surface area (Å²) < 4.78 is 0. The van der Waals surface area contributed by atoms with E-state index in [1.807, 2.05) is 42.6 Å². The molecule has 0 aliphatic rings. The zero-order valence-electron chi connectivity index (χ0n) is 13.4. The van der Waals surface area contributed by atoms with Gasteiger partial charge in [0.05, 0.1) is 16.8 Å². The highest BCUT2D eigenvalue weighted by Crippen LogP contribution is 2.29. The number of hydrogen-bond donors (Lipinski definition) is 1. The molecule has 0 aliphatic heterocycles. The first-order valence-corrected chi connectivity index (χ1v) is 8.63. The van der Waals surface area contributed by atoms with Crippen molar-refractivity contribution in [3.05, 3.63) is 71.5 Å². The van der Waals surface area contributed by atoms with Gasteiger partial charge in [0.25, 0.3) is 5.91 Å². The van der Waals surface area contributed by atoms with Crippen LogP contribution in [0.15, 0.2) is 60.2 Å². The first-order valence-electron chi connectivity index (χ1n) is 7.75. The van der Waals surface area contributed by atoms with Gasteiger partial charge in [-0.1, -0.05) is 18.2 Å². The number of rotatable bonds is 3. The number of pyridine rings is 2. The average Bonchev–Trinajstić information content (AvgIpc) is 3.08. The number of thiazole rings is 1. The van der Waals surface area contributed by atoms with Crippen LogP contribution in [0.3, 0.4) is 0 Å². The number of fused-ring (bicyclic) bond motifs is 1. The first kappa shape index (κ1) is 15.4. The third kappa shape index (κ3) is 2.99. The van der Waals surface area contributed by atoms with E-state index in [4.69, 9.17) is 0 Å². The summed E-state index contributed by atoms with van der Waals surface area (Å²) in [5.74, 6) is -0.216. The van der Waals surface area contributed by atoms with Gasteiger partial charge in [-0.15, -0.1) is 11.3 Å². The Balaban J connectivity index is 1.72. The molecular weight excluding hydrogens is 332 g/mol. The van der Waals surface area contributed by atoms with Crippen molar-refractivity contribution in [1.82, 2.24) is 15.0 Å². The Labute approximate surface area is 148 Å². The van der Waals surface area contributed by atoms with Gasteiger partial charge in [0.15, 0.2) is 0 Å². The number of nitrogens with zero attached hydrogens (tertiary/aromatic N) is 3. The van der Waals surface area contributed by atoms with E-state index in [1.165, 1.54) is 11.3 Å². The maximum Gasteiger partial charge on any atom is 0.257 e. The van der Waals surface area contributed by atoms with Crippen LogP contribution in [0.4, 0.5) is 5.69 Å². The molecule has 0 saturated carbocycles. The average molecular weight is 346 g/mol. The summed E-state index contributed by atoms with van der Waals surface area (Å²) >= 11 is 1.51. The van der Waals surface area contributed by atoms with Gasteiger partial charge in [-0.25, -0.2) is 4.98 Å². The summed E-state index contributed by atoms with van der Waals surface area (Å²) in [6, 6.07) is 13.0. The molecule has 0 spiro atoms. The molecule has 0 atom stereocenters. The Morgan fingerprint density at radius 2 is 1.84 bits per heavy atom. The van der Waals surface area contributed by atoms with Gasteiger partial charge < -0.3 is 5.32 Å². The molecule has 6 heteroatoms. The molecule has 3 aromatic heterocycles. The lowest BCUT2D eigenvalue weighted by atomic mass is 10.1. The van der Waals surface area contributed by atoms with Crippen molar-refractivity contribution in [2.24, 2.45) is 0 Å². The van der Waals surface area contributed by atoms with Gasteiger partial charge >= 0.3 is 0 Å². The van der Waals surface area contributed by atoms with Crippen LogP contribution < -0.4 is 5.32 Å². The van der Waals surface area contributed by atoms with Gasteiger partial charge in [0.2, 0.25) is 0 Å². The van der Waals surface area contributed by atoms with Crippen LogP contribution in [0.1, 0.15) is 16.1 Å². The summed E-state index contributed by atoms with van der Waals surface area (Å²) in [7, 11) is 0. The quantitative estimate of drug-likeness (QED) is 0.600. The molecule has 1 aromatic carbocycles. The lowest BCUT2D eigenvalue weighted by Gasteiger charge is -2.10. The Morgan fingerprint density at radius 1 is 1.04 bits per heavy atom. The number of carbonyl (C=O) groups is 1. The highest BCUT2D eigenvalue weighted by atomic mass is 32.1. The predicted molar refractivity (Wildman–Crippen MR) is 99.8 cm³/mol. The van der Waals surface area contributed by atoms with Crippen molar-refractivity contribution in [2.45, 2.75) is 6.92 Å². The molecular formula is C19H14N4OS. The third-order valence-electron chi connectivity index (χ3n) is 3.75. The predicted octanol–water partition coefficient (Wildman–Crippen LogP) is 4.31. The number of carbonyl (C=O) groups excluding carboxylic acids is 1. The Kier molecular flexibility index (Phi) is 3.95. The fourth-order valence-electron chi connectivity index (χ4n) is 2.62. The summed E-state index contributed by atoms with van der Waals surface area (Å²) in [5.41, 5.74) is 3.44. The summed E-state index contributed by atoms with van der Waals surface area (Å²) in [6.07, 6.45) is 3.38. The SMILES string of the molecule is Cc1csc(-c2ncccc2NC(=O)c2cccc3cccnc23)n1. The lowest BCUT2D eigenvalue weighted by molar-refractivity contribution is 0.102. The van der Waals surface area contributed by atoms with E-state index < -0.39 is 0 Å². The summed E-state index contributed by atoms with van der Waals surface area (Å²) in [6.45, 7) is 1.93. The molecule has 25 heavy (non-hydrogen) atoms. The summed E-state index contributed by atoms with van der Waals surface area (Å²) in [5, 5.41) is 6.62. The van der Waals surface area contributed by atoms with Crippen molar-refractivity contribution in [1.29, 1.82) is 0 Å². The van der Waals surface area contributed by atoms with Crippen molar-refractivity contribution < 1.29 is 4.79 Å². The van der Waals surface area contributed by atoms with E-state index in [2.05, 4.69) is 20.3 Å². The second-order valence-electron chi connectivity index (χ2n) is 5.53. The van der Waals surface area contributed by atoms with E-state index in [0.717, 1.165) is 16.1 Å². The van der Waals surface area contributed by atoms with Gasteiger partial charge in [-0.05, 0) is 31.2 Å². The third-order valence-corrected chi connectivity index (χ3v) is 4.72. The number of nitrogens with one attached hydrogen (secondary N) is 1. The maximum atomic E-state index is 12.8. The van der Waals surface area contributed by atoms with Gasteiger partial charge in [-0.2, -0.15) is 0 Å². The number of amides is 1. The second-order valence-corrected chi connectivity index (χ2v) is 6.39. The minimum atomic E-state index is -0.216. The highest BCUT2D eigenvalue weighted by molar-refractivity contribution is 7.13. The molecule has 0 bridgehead atoms. The molecule has 3 heterocycles. The van der Waals surface area contributed by atoms with Crippen molar-refractivity contribution in [3.8, 4) is 10.7 Å². The van der Waals surface area contributed by atoms with E-state index in [9.17, 15) is 4.79 Å². The number of hydrogen-bond acceptors (Lipinski definition) is 5. The largest absolute Gasteiger partial charge is 0.320 e. The molecule has 1 amide bonds. The van der Waals surface area contributed by atoms with Crippen LogP contribution in [-0.4, -0.2) is 20.9 Å². The smallest absolute Gasteiger partial charge is 0.257 e. The number of aryl methyl sites for hydroxylation is 1. The minimum Gasteiger partial charge on any atom is -0.320 e. The van der Waals surface area contributed by atoms with Gasteiger partial charge in [-0.3, -0.25) is 14.8 Å².